The van der Waals surface area contributed by atoms with Crippen molar-refractivity contribution in [1.82, 2.24) is 14.6 Å². The fourth-order valence-electron chi connectivity index (χ4n) is 5.29. The van der Waals surface area contributed by atoms with E-state index >= 15 is 0 Å². The van der Waals surface area contributed by atoms with Crippen molar-refractivity contribution in [1.29, 1.82) is 0 Å². The summed E-state index contributed by atoms with van der Waals surface area (Å²) >= 11 is 0. The third-order valence-electron chi connectivity index (χ3n) is 6.80. The smallest absolute Gasteiger partial charge is 0.412 e. The van der Waals surface area contributed by atoms with E-state index in [2.05, 4.69) is 15.3 Å². The highest BCUT2D eigenvalue weighted by Crippen LogP contribution is 2.51. The standard InChI is InChI=1S/C24H27FN4O6S/c1-14(2)12-36(32,33)29-9-7-20-18(11-29)24(13-34-22(28-24)27-23(30)31)17-10-15(5-6-19(17)35-20)16-4-3-8-26-21(16)25/h3-6,8,10,14,18,20H,7,9,11-13H2,1-2H3,(H,27,28)(H,30,31)/t18-,20-,24-/m0/s1. The number of pyridine rings is 1. The number of ether oxygens (including phenoxy) is 2. The van der Waals surface area contributed by atoms with Gasteiger partial charge in [0, 0.05) is 36.3 Å². The lowest BCUT2D eigenvalue weighted by Gasteiger charge is -2.48. The molecule has 5 rings (SSSR count). The van der Waals surface area contributed by atoms with Gasteiger partial charge in [-0.25, -0.2) is 32.8 Å². The Morgan fingerprint density at radius 1 is 1.36 bits per heavy atom. The van der Waals surface area contributed by atoms with E-state index in [-0.39, 0.29) is 42.5 Å². The molecule has 2 N–H and O–H groups in total. The zero-order valence-corrected chi connectivity index (χ0v) is 20.7. The molecule has 4 heterocycles. The number of aliphatic imine (C=N–C) groups is 1. The SMILES string of the molecule is CC(C)CS(=O)(=O)N1CC[C@@H]2Oc3ccc(-c4cccnc4F)cc3[C@@]3(COC(NC(=O)O)=N3)[C@H]2C1. The number of rotatable bonds is 4. The van der Waals surface area contributed by atoms with Gasteiger partial charge in [0.15, 0.2) is 0 Å². The molecule has 10 nitrogen and oxygen atoms in total. The molecular weight excluding hydrogens is 491 g/mol. The van der Waals surface area contributed by atoms with Gasteiger partial charge in [-0.3, -0.25) is 0 Å². The summed E-state index contributed by atoms with van der Waals surface area (Å²) in [5, 5.41) is 11.4. The Bertz CT molecular complexity index is 1330. The second-order valence-electron chi connectivity index (χ2n) is 9.69. The molecule has 3 aliphatic rings. The Kier molecular flexibility index (Phi) is 6.11. The van der Waals surface area contributed by atoms with Gasteiger partial charge in [0.2, 0.25) is 16.0 Å². The molecule has 1 amide bonds. The van der Waals surface area contributed by atoms with Crippen LogP contribution in [0.5, 0.6) is 5.75 Å². The van der Waals surface area contributed by atoms with Gasteiger partial charge in [-0.05, 0) is 42.2 Å². The minimum absolute atomic E-state index is 0.0167. The number of carbonyl (C=O) groups is 1. The van der Waals surface area contributed by atoms with Gasteiger partial charge in [0.05, 0.1) is 5.75 Å². The minimum atomic E-state index is -3.53. The molecule has 12 heteroatoms. The topological polar surface area (TPSA) is 130 Å². The van der Waals surface area contributed by atoms with Crippen molar-refractivity contribution in [2.75, 3.05) is 25.4 Å². The summed E-state index contributed by atoms with van der Waals surface area (Å²) in [6.07, 6.45) is 0.116. The van der Waals surface area contributed by atoms with Crippen LogP contribution in [0, 0.1) is 17.8 Å². The van der Waals surface area contributed by atoms with Crippen LogP contribution in [0.2, 0.25) is 0 Å². The number of carboxylic acid groups (broad SMARTS) is 1. The van der Waals surface area contributed by atoms with Crippen LogP contribution in [0.15, 0.2) is 41.5 Å². The summed E-state index contributed by atoms with van der Waals surface area (Å²) in [6, 6.07) is 8.26. The lowest BCUT2D eigenvalue weighted by atomic mass is 9.71. The third-order valence-corrected chi connectivity index (χ3v) is 9.01. The molecule has 1 aromatic heterocycles. The van der Waals surface area contributed by atoms with Gasteiger partial charge in [0.25, 0.3) is 6.02 Å². The van der Waals surface area contributed by atoms with E-state index in [9.17, 15) is 22.7 Å². The lowest BCUT2D eigenvalue weighted by Crippen LogP contribution is -2.58. The zero-order valence-electron chi connectivity index (χ0n) is 19.8. The highest BCUT2D eigenvalue weighted by Gasteiger charge is 2.56. The summed E-state index contributed by atoms with van der Waals surface area (Å²) in [5.74, 6) is -0.593. The number of halogens is 1. The number of aromatic nitrogens is 1. The van der Waals surface area contributed by atoms with Crippen molar-refractivity contribution in [3.63, 3.8) is 0 Å². The van der Waals surface area contributed by atoms with Crippen molar-refractivity contribution in [2.24, 2.45) is 16.8 Å². The number of hydrogen-bond acceptors (Lipinski definition) is 7. The van der Waals surface area contributed by atoms with Gasteiger partial charge >= 0.3 is 6.09 Å². The maximum absolute atomic E-state index is 14.5. The number of fused-ring (bicyclic) bond motifs is 4. The number of nitrogens with one attached hydrogen (secondary N) is 1. The largest absolute Gasteiger partial charge is 0.490 e. The zero-order chi connectivity index (χ0) is 25.7. The van der Waals surface area contributed by atoms with Crippen LogP contribution in [-0.2, 0) is 20.3 Å². The number of benzene rings is 1. The molecule has 0 bridgehead atoms. The maximum atomic E-state index is 14.5. The first-order valence-corrected chi connectivity index (χ1v) is 13.3. The maximum Gasteiger partial charge on any atom is 0.412 e. The van der Waals surface area contributed by atoms with Crippen LogP contribution in [0.1, 0.15) is 25.8 Å². The molecule has 1 fully saturated rings. The molecule has 192 valence electrons. The molecule has 0 saturated carbocycles. The number of sulfonamides is 1. The van der Waals surface area contributed by atoms with Gasteiger partial charge in [-0.1, -0.05) is 19.9 Å². The van der Waals surface area contributed by atoms with E-state index < -0.39 is 33.5 Å². The molecule has 0 radical (unpaired) electrons. The quantitative estimate of drug-likeness (QED) is 0.595. The van der Waals surface area contributed by atoms with Crippen LogP contribution in [0.3, 0.4) is 0 Å². The van der Waals surface area contributed by atoms with E-state index in [1.54, 1.807) is 30.3 Å². The van der Waals surface area contributed by atoms with Gasteiger partial charge in [-0.15, -0.1) is 0 Å². The van der Waals surface area contributed by atoms with E-state index in [4.69, 9.17) is 9.47 Å². The Morgan fingerprint density at radius 3 is 2.89 bits per heavy atom. The van der Waals surface area contributed by atoms with E-state index in [0.717, 1.165) is 0 Å². The highest BCUT2D eigenvalue weighted by molar-refractivity contribution is 7.89. The summed E-state index contributed by atoms with van der Waals surface area (Å²) in [7, 11) is -3.53. The predicted octanol–water partition coefficient (Wildman–Crippen LogP) is 2.81. The van der Waals surface area contributed by atoms with E-state index in [1.165, 1.54) is 10.5 Å². The minimum Gasteiger partial charge on any atom is -0.490 e. The van der Waals surface area contributed by atoms with E-state index in [0.29, 0.717) is 29.8 Å². The summed E-state index contributed by atoms with van der Waals surface area (Å²) in [4.78, 5) is 19.7. The molecule has 1 aromatic carbocycles. The van der Waals surface area contributed by atoms with Crippen LogP contribution in [0.4, 0.5) is 9.18 Å². The van der Waals surface area contributed by atoms with Crippen molar-refractivity contribution in [3.8, 4) is 16.9 Å². The summed E-state index contributed by atoms with van der Waals surface area (Å²) < 4.78 is 54.1. The number of piperidine rings is 1. The van der Waals surface area contributed by atoms with Gasteiger partial charge < -0.3 is 14.6 Å². The number of nitrogens with zero attached hydrogens (tertiary/aromatic N) is 3. The van der Waals surface area contributed by atoms with Crippen molar-refractivity contribution < 1.29 is 32.2 Å². The molecule has 1 spiro atoms. The average Bonchev–Trinajstić information content (AvgIpc) is 3.22. The summed E-state index contributed by atoms with van der Waals surface area (Å²) in [6.45, 7) is 4.13. The van der Waals surface area contributed by atoms with Crippen molar-refractivity contribution in [3.05, 3.63) is 48.0 Å². The first-order chi connectivity index (χ1) is 17.1. The Balaban J connectivity index is 1.61. The number of amidine groups is 1. The highest BCUT2D eigenvalue weighted by atomic mass is 32.2. The number of amides is 1. The second-order valence-corrected chi connectivity index (χ2v) is 11.7. The second kappa shape index (κ2) is 9.00. The first-order valence-electron chi connectivity index (χ1n) is 11.7. The van der Waals surface area contributed by atoms with Crippen LogP contribution in [-0.4, -0.2) is 66.5 Å². The predicted molar refractivity (Wildman–Crippen MR) is 129 cm³/mol. The molecule has 3 aliphatic heterocycles. The molecule has 0 unspecified atom stereocenters. The average molecular weight is 519 g/mol. The molecule has 1 saturated heterocycles. The fraction of sp³-hybridized carbons (Fsp3) is 0.458. The molecule has 3 atom stereocenters. The molecule has 2 aromatic rings. The third kappa shape index (κ3) is 4.28. The van der Waals surface area contributed by atoms with Crippen LogP contribution >= 0.6 is 0 Å². The van der Waals surface area contributed by atoms with Crippen LogP contribution < -0.4 is 10.1 Å². The molecule has 0 aliphatic carbocycles. The molecular formula is C24H27FN4O6S. The Labute approximate surface area is 208 Å². The first kappa shape index (κ1) is 24.4. The molecule has 36 heavy (non-hydrogen) atoms. The monoisotopic (exact) mass is 518 g/mol. The van der Waals surface area contributed by atoms with Gasteiger partial charge in [0.1, 0.15) is 24.0 Å². The van der Waals surface area contributed by atoms with Crippen LogP contribution in [0.25, 0.3) is 11.1 Å². The Hall–Kier alpha value is -3.25. The summed E-state index contributed by atoms with van der Waals surface area (Å²) in [5.41, 5.74) is 0.274. The fourth-order valence-corrected chi connectivity index (χ4v) is 7.11. The van der Waals surface area contributed by atoms with E-state index in [1.807, 2.05) is 13.8 Å². The van der Waals surface area contributed by atoms with Gasteiger partial charge in [-0.2, -0.15) is 4.39 Å². The number of hydrogen-bond donors (Lipinski definition) is 2. The Morgan fingerprint density at radius 2 is 2.17 bits per heavy atom. The van der Waals surface area contributed by atoms with Crippen molar-refractivity contribution in [2.45, 2.75) is 31.9 Å². The van der Waals surface area contributed by atoms with Crippen molar-refractivity contribution >= 4 is 22.1 Å². The normalized spacial score (nSPS) is 25.5. The lowest BCUT2D eigenvalue weighted by molar-refractivity contribution is -0.00358.